The Morgan fingerprint density at radius 2 is 2.17 bits per heavy atom. The minimum absolute atomic E-state index is 0.172. The van der Waals surface area contributed by atoms with Crippen LogP contribution < -0.4 is 5.56 Å². The third-order valence-electron chi connectivity index (χ3n) is 1.24. The summed E-state index contributed by atoms with van der Waals surface area (Å²) >= 11 is 7.25. The monoisotopic (exact) mass is 305 g/mol. The Balaban J connectivity index is 3.43. The van der Waals surface area contributed by atoms with Crippen molar-refractivity contribution in [2.45, 2.75) is 6.43 Å². The van der Waals surface area contributed by atoms with Crippen molar-refractivity contribution >= 4 is 34.2 Å². The molecule has 0 bridgehead atoms. The molecule has 0 atom stereocenters. The molecule has 2 nitrogen and oxygen atoms in total. The van der Waals surface area contributed by atoms with Gasteiger partial charge in [0, 0.05) is 9.77 Å². The second kappa shape index (κ2) is 3.69. The zero-order valence-electron chi connectivity index (χ0n) is 5.57. The number of aromatic nitrogens is 1. The molecule has 0 spiro atoms. The normalized spacial score (nSPS) is 10.8. The molecule has 0 saturated heterocycles. The number of aromatic amines is 1. The molecule has 1 aromatic heterocycles. The molecule has 0 aliphatic heterocycles. The van der Waals surface area contributed by atoms with Crippen LogP contribution in [-0.2, 0) is 0 Å². The summed E-state index contributed by atoms with van der Waals surface area (Å²) in [5, 5.41) is -0.172. The zero-order valence-corrected chi connectivity index (χ0v) is 8.49. The summed E-state index contributed by atoms with van der Waals surface area (Å²) < 4.78 is 24.7. The maximum absolute atomic E-state index is 12.2. The van der Waals surface area contributed by atoms with Gasteiger partial charge in [-0.05, 0) is 22.6 Å². The molecule has 6 heteroatoms. The standard InChI is InChI=1S/C6H3ClF2INO/c7-4-2(10)1-11-6(12)3(4)5(8)9/h1,5H,(H,11,12). The van der Waals surface area contributed by atoms with Gasteiger partial charge in [0.1, 0.15) is 5.56 Å². The fraction of sp³-hybridized carbons (Fsp3) is 0.167. The van der Waals surface area contributed by atoms with Crippen molar-refractivity contribution < 1.29 is 8.78 Å². The second-order valence-corrected chi connectivity index (χ2v) is 3.53. The number of nitrogens with one attached hydrogen (secondary N) is 1. The van der Waals surface area contributed by atoms with Crippen LogP contribution in [0.25, 0.3) is 0 Å². The van der Waals surface area contributed by atoms with Crippen LogP contribution in [0.1, 0.15) is 12.0 Å². The van der Waals surface area contributed by atoms with Crippen LogP contribution >= 0.6 is 34.2 Å². The van der Waals surface area contributed by atoms with E-state index in [4.69, 9.17) is 11.6 Å². The molecule has 0 saturated carbocycles. The molecule has 66 valence electrons. The summed E-state index contributed by atoms with van der Waals surface area (Å²) in [6.45, 7) is 0. The molecule has 0 aliphatic carbocycles. The first-order valence-electron chi connectivity index (χ1n) is 2.88. The van der Waals surface area contributed by atoms with E-state index < -0.39 is 17.5 Å². The Hall–Kier alpha value is -0.170. The number of hydrogen-bond donors (Lipinski definition) is 1. The van der Waals surface area contributed by atoms with Crippen LogP contribution in [0.4, 0.5) is 8.78 Å². The van der Waals surface area contributed by atoms with Crippen LogP contribution in [0.2, 0.25) is 5.02 Å². The Kier molecular flexibility index (Phi) is 3.05. The minimum atomic E-state index is -2.84. The fourth-order valence-electron chi connectivity index (χ4n) is 0.693. The smallest absolute Gasteiger partial charge is 0.270 e. The Bertz CT molecular complexity index is 352. The first kappa shape index (κ1) is 9.91. The van der Waals surface area contributed by atoms with Crippen molar-refractivity contribution in [3.63, 3.8) is 0 Å². The predicted molar refractivity (Wildman–Crippen MR) is 49.7 cm³/mol. The Morgan fingerprint density at radius 1 is 1.58 bits per heavy atom. The Morgan fingerprint density at radius 3 is 2.58 bits per heavy atom. The van der Waals surface area contributed by atoms with Crippen molar-refractivity contribution in [1.82, 2.24) is 4.98 Å². The number of hydrogen-bond acceptors (Lipinski definition) is 1. The predicted octanol–water partition coefficient (Wildman–Crippen LogP) is 2.57. The highest BCUT2D eigenvalue weighted by atomic mass is 127. The van der Waals surface area contributed by atoms with Gasteiger partial charge in [0.15, 0.2) is 0 Å². The summed E-state index contributed by atoms with van der Waals surface area (Å²) in [4.78, 5) is 13.0. The molecular formula is C6H3ClF2INO. The van der Waals surface area contributed by atoms with Crippen LogP contribution in [0.3, 0.4) is 0 Å². The highest BCUT2D eigenvalue weighted by Gasteiger charge is 2.18. The lowest BCUT2D eigenvalue weighted by Gasteiger charge is -2.01. The number of alkyl halides is 2. The molecule has 0 aromatic carbocycles. The molecule has 0 amide bonds. The van der Waals surface area contributed by atoms with Crippen molar-refractivity contribution in [2.24, 2.45) is 0 Å². The topological polar surface area (TPSA) is 32.9 Å². The maximum Gasteiger partial charge on any atom is 0.270 e. The summed E-state index contributed by atoms with van der Waals surface area (Å²) in [7, 11) is 0. The molecule has 1 N–H and O–H groups in total. The van der Waals surface area contributed by atoms with Gasteiger partial charge in [-0.1, -0.05) is 11.6 Å². The van der Waals surface area contributed by atoms with Crippen molar-refractivity contribution in [3.8, 4) is 0 Å². The Labute approximate surface area is 85.1 Å². The SMILES string of the molecule is O=c1[nH]cc(I)c(Cl)c1C(F)F. The quantitative estimate of drug-likeness (QED) is 0.795. The van der Waals surface area contributed by atoms with Gasteiger partial charge in [-0.15, -0.1) is 0 Å². The van der Waals surface area contributed by atoms with Gasteiger partial charge < -0.3 is 4.98 Å². The van der Waals surface area contributed by atoms with Crippen LogP contribution in [0.15, 0.2) is 11.0 Å². The summed E-state index contributed by atoms with van der Waals surface area (Å²) in [5.41, 5.74) is -1.50. The molecule has 1 heterocycles. The van der Waals surface area contributed by atoms with Gasteiger partial charge >= 0.3 is 0 Å². The van der Waals surface area contributed by atoms with Crippen molar-refractivity contribution in [1.29, 1.82) is 0 Å². The van der Waals surface area contributed by atoms with E-state index in [0.29, 0.717) is 3.57 Å². The van der Waals surface area contributed by atoms with E-state index in [1.165, 1.54) is 6.20 Å². The zero-order chi connectivity index (χ0) is 9.30. The lowest BCUT2D eigenvalue weighted by atomic mass is 10.3. The molecule has 0 aliphatic rings. The first-order chi connectivity index (χ1) is 5.54. The lowest BCUT2D eigenvalue weighted by Crippen LogP contribution is -2.13. The van der Waals surface area contributed by atoms with Crippen LogP contribution in [0.5, 0.6) is 0 Å². The third-order valence-corrected chi connectivity index (χ3v) is 2.82. The summed E-state index contributed by atoms with van der Waals surface area (Å²) in [6.07, 6.45) is -1.55. The molecule has 0 fully saturated rings. The molecule has 1 aromatic rings. The van der Waals surface area contributed by atoms with Crippen molar-refractivity contribution in [3.05, 3.63) is 30.7 Å². The second-order valence-electron chi connectivity index (χ2n) is 1.99. The first-order valence-corrected chi connectivity index (χ1v) is 4.34. The minimum Gasteiger partial charge on any atom is -0.328 e. The summed E-state index contributed by atoms with van der Waals surface area (Å²) in [6, 6.07) is 0. The average molecular weight is 305 g/mol. The molecule has 0 unspecified atom stereocenters. The van der Waals surface area contributed by atoms with E-state index >= 15 is 0 Å². The lowest BCUT2D eigenvalue weighted by molar-refractivity contribution is 0.149. The number of rotatable bonds is 1. The summed E-state index contributed by atoms with van der Waals surface area (Å²) in [5.74, 6) is 0. The highest BCUT2D eigenvalue weighted by molar-refractivity contribution is 14.1. The van der Waals surface area contributed by atoms with Gasteiger partial charge in [0.25, 0.3) is 12.0 Å². The highest BCUT2D eigenvalue weighted by Crippen LogP contribution is 2.26. The van der Waals surface area contributed by atoms with Gasteiger partial charge in [-0.25, -0.2) is 8.78 Å². The maximum atomic E-state index is 12.2. The van der Waals surface area contributed by atoms with E-state index in [0.717, 1.165) is 0 Å². The van der Waals surface area contributed by atoms with Gasteiger partial charge in [-0.3, -0.25) is 4.79 Å². The van der Waals surface area contributed by atoms with E-state index in [1.54, 1.807) is 22.6 Å². The van der Waals surface area contributed by atoms with Crippen LogP contribution in [0, 0.1) is 3.57 Å². The van der Waals surface area contributed by atoms with E-state index in [2.05, 4.69) is 4.98 Å². The molecule has 1 rings (SSSR count). The van der Waals surface area contributed by atoms with Gasteiger partial charge in [0.05, 0.1) is 5.02 Å². The molecule has 0 radical (unpaired) electrons. The number of halogens is 4. The number of pyridine rings is 1. The molecule has 12 heavy (non-hydrogen) atoms. The molecular weight excluding hydrogens is 302 g/mol. The fourth-order valence-corrected chi connectivity index (χ4v) is 1.36. The van der Waals surface area contributed by atoms with E-state index in [-0.39, 0.29) is 5.02 Å². The number of H-pyrrole nitrogens is 1. The van der Waals surface area contributed by atoms with Gasteiger partial charge in [-0.2, -0.15) is 0 Å². The van der Waals surface area contributed by atoms with Crippen LogP contribution in [-0.4, -0.2) is 4.98 Å². The average Bonchev–Trinajstić information content (AvgIpc) is 1.97. The van der Waals surface area contributed by atoms with Crippen molar-refractivity contribution in [2.75, 3.05) is 0 Å². The largest absolute Gasteiger partial charge is 0.328 e. The third kappa shape index (κ3) is 1.77. The van der Waals surface area contributed by atoms with E-state index in [9.17, 15) is 13.6 Å². The van der Waals surface area contributed by atoms with Gasteiger partial charge in [0.2, 0.25) is 0 Å². The van der Waals surface area contributed by atoms with E-state index in [1.807, 2.05) is 0 Å².